The molecule has 11 heteroatoms. The van der Waals surface area contributed by atoms with Gasteiger partial charge in [-0.1, -0.05) is 70.2 Å². The lowest BCUT2D eigenvalue weighted by Gasteiger charge is -2.13. The van der Waals surface area contributed by atoms with E-state index in [-0.39, 0.29) is 5.91 Å². The van der Waals surface area contributed by atoms with Gasteiger partial charge in [-0.05, 0) is 59.9 Å². The number of carbonyl (C=O) groups excluding carboxylic acids is 1. The predicted molar refractivity (Wildman–Crippen MR) is 214 cm³/mol. The van der Waals surface area contributed by atoms with Crippen molar-refractivity contribution in [1.29, 1.82) is 0 Å². The van der Waals surface area contributed by atoms with E-state index in [9.17, 15) is 4.79 Å². The summed E-state index contributed by atoms with van der Waals surface area (Å²) >= 11 is 0. The zero-order chi connectivity index (χ0) is 36.9. The molecule has 8 aromatic rings. The van der Waals surface area contributed by atoms with Gasteiger partial charge in [-0.15, -0.1) is 0 Å². The highest BCUT2D eigenvalue weighted by atomic mass is 16.1. The van der Waals surface area contributed by atoms with Gasteiger partial charge in [-0.2, -0.15) is 0 Å². The number of nitrogens with one attached hydrogen (secondary N) is 3. The molecular weight excluding hydrogens is 661 g/mol. The fourth-order valence-electron chi connectivity index (χ4n) is 6.20. The first-order chi connectivity index (χ1) is 25.8. The molecule has 11 nitrogen and oxygen atoms in total. The predicted octanol–water partition coefficient (Wildman–Crippen LogP) is 8.27. The molecule has 3 aromatic carbocycles. The van der Waals surface area contributed by atoms with Gasteiger partial charge in [0.15, 0.2) is 22.9 Å². The van der Waals surface area contributed by atoms with Crippen molar-refractivity contribution in [3.63, 3.8) is 0 Å². The van der Waals surface area contributed by atoms with Gasteiger partial charge >= 0.3 is 0 Å². The Morgan fingerprint density at radius 3 is 1.72 bits per heavy atom. The van der Waals surface area contributed by atoms with E-state index in [0.29, 0.717) is 18.4 Å². The fraction of sp³-hybridized carbons (Fsp3) is 0.238. The molecule has 0 radical (unpaired) electrons. The average molecular weight is 705 g/mol. The minimum Gasteiger partial charge on any atom is -0.367 e. The number of rotatable bonds is 10. The fourth-order valence-corrected chi connectivity index (χ4v) is 6.20. The van der Waals surface area contributed by atoms with Gasteiger partial charge < -0.3 is 16.0 Å². The number of anilines is 2. The summed E-state index contributed by atoms with van der Waals surface area (Å²) in [4.78, 5) is 34.3. The van der Waals surface area contributed by atoms with E-state index < -0.39 is 0 Å². The van der Waals surface area contributed by atoms with Crippen molar-refractivity contribution < 1.29 is 4.79 Å². The lowest BCUT2D eigenvalue weighted by molar-refractivity contribution is -0.119. The van der Waals surface area contributed by atoms with Crippen LogP contribution in [0.5, 0.6) is 0 Å². The Hall–Kier alpha value is -6.36. The maximum atomic E-state index is 11.3. The van der Waals surface area contributed by atoms with Crippen molar-refractivity contribution >= 4 is 50.9 Å². The summed E-state index contributed by atoms with van der Waals surface area (Å²) < 4.78 is 4.32. The number of para-hydroxylation sites is 4. The molecule has 0 aliphatic rings. The highest BCUT2D eigenvalue weighted by Crippen LogP contribution is 2.30. The molecular formula is C42H44N10O. The summed E-state index contributed by atoms with van der Waals surface area (Å²) in [6.45, 7) is 12.4. The normalized spacial score (nSPS) is 11.4. The number of aromatic nitrogens is 7. The second-order valence-corrected chi connectivity index (χ2v) is 13.9. The van der Waals surface area contributed by atoms with Gasteiger partial charge in [0.2, 0.25) is 5.91 Å². The van der Waals surface area contributed by atoms with Gasteiger partial charge in [-0.25, -0.2) is 19.9 Å². The van der Waals surface area contributed by atoms with Crippen LogP contribution in [0.25, 0.3) is 55.9 Å². The first kappa shape index (κ1) is 35.1. The van der Waals surface area contributed by atoms with E-state index in [1.165, 1.54) is 6.92 Å². The molecule has 0 bridgehead atoms. The smallest absolute Gasteiger partial charge is 0.217 e. The summed E-state index contributed by atoms with van der Waals surface area (Å²) in [6.07, 6.45) is 7.40. The Kier molecular flexibility index (Phi) is 10.2. The number of amides is 1. The van der Waals surface area contributed by atoms with Crippen LogP contribution in [-0.4, -0.2) is 52.7 Å². The lowest BCUT2D eigenvalue weighted by Crippen LogP contribution is -2.18. The van der Waals surface area contributed by atoms with Crippen LogP contribution in [0.15, 0.2) is 110 Å². The molecule has 0 aliphatic heterocycles. The van der Waals surface area contributed by atoms with E-state index in [4.69, 9.17) is 15.0 Å². The van der Waals surface area contributed by atoms with E-state index in [2.05, 4.69) is 86.7 Å². The van der Waals surface area contributed by atoms with E-state index in [1.807, 2.05) is 73.1 Å². The first-order valence-corrected chi connectivity index (χ1v) is 18.0. The number of imidazole rings is 2. The van der Waals surface area contributed by atoms with Crippen LogP contribution in [0.4, 0.5) is 11.6 Å². The molecule has 0 aliphatic carbocycles. The molecule has 3 N–H and O–H groups in total. The van der Waals surface area contributed by atoms with Gasteiger partial charge in [0.1, 0.15) is 0 Å². The lowest BCUT2D eigenvalue weighted by atomic mass is 10.1. The van der Waals surface area contributed by atoms with Crippen molar-refractivity contribution in [3.05, 3.63) is 115 Å². The van der Waals surface area contributed by atoms with Crippen molar-refractivity contribution in [1.82, 2.24) is 39.0 Å². The summed E-state index contributed by atoms with van der Waals surface area (Å²) in [5, 5.41) is 9.74. The van der Waals surface area contributed by atoms with Crippen LogP contribution in [0.3, 0.4) is 0 Å². The summed E-state index contributed by atoms with van der Waals surface area (Å²) in [5.41, 5.74) is 10.8. The largest absolute Gasteiger partial charge is 0.367 e. The first-order valence-electron chi connectivity index (χ1n) is 18.0. The Morgan fingerprint density at radius 1 is 0.660 bits per heavy atom. The highest BCUT2D eigenvalue weighted by molar-refractivity contribution is 5.87. The topological polar surface area (TPSA) is 126 Å². The number of pyridine rings is 1. The molecule has 0 saturated carbocycles. The maximum Gasteiger partial charge on any atom is 0.217 e. The van der Waals surface area contributed by atoms with Crippen molar-refractivity contribution in [2.45, 2.75) is 41.2 Å². The van der Waals surface area contributed by atoms with Crippen LogP contribution < -0.4 is 16.0 Å². The van der Waals surface area contributed by atoms with Gasteiger partial charge in [0.05, 0.1) is 45.8 Å². The molecule has 0 saturated heterocycles. The molecule has 5 heterocycles. The van der Waals surface area contributed by atoms with E-state index in [1.54, 1.807) is 12.4 Å². The molecule has 8 rings (SSSR count). The summed E-state index contributed by atoms with van der Waals surface area (Å²) in [5.74, 6) is 2.61. The molecule has 0 fully saturated rings. The molecule has 0 unspecified atom stereocenters. The third-order valence-corrected chi connectivity index (χ3v) is 8.75. The second-order valence-electron chi connectivity index (χ2n) is 13.9. The monoisotopic (exact) mass is 704 g/mol. The zero-order valence-electron chi connectivity index (χ0n) is 30.7. The zero-order valence-corrected chi connectivity index (χ0v) is 30.7. The van der Waals surface area contributed by atoms with Crippen LogP contribution in [0.2, 0.25) is 0 Å². The van der Waals surface area contributed by atoms with Crippen LogP contribution in [0, 0.1) is 11.8 Å². The Morgan fingerprint density at radius 2 is 1.19 bits per heavy atom. The number of fused-ring (bicyclic) bond motifs is 6. The molecule has 1 amide bonds. The number of hydrogen-bond donors (Lipinski definition) is 3. The minimum atomic E-state index is -0.0388. The van der Waals surface area contributed by atoms with Crippen LogP contribution >= 0.6 is 0 Å². The van der Waals surface area contributed by atoms with Gasteiger partial charge in [0, 0.05) is 50.1 Å². The molecule has 268 valence electrons. The third-order valence-electron chi connectivity index (χ3n) is 8.75. The molecule has 0 atom stereocenters. The summed E-state index contributed by atoms with van der Waals surface area (Å²) in [6, 6.07) is 28.4. The standard InChI is InChI=1S/C23H25N5O.C19H19N5/c1-15(2)12-25-22-23-26-14-21(28(23)20-10-5-4-9-19(20)27-22)18-8-6-7-17(11-18)13-24-16(3)29;1-13(2)11-21-18-19-22-12-17(14-7-9-20-10-8-14)24(19)16-6-4-3-5-15(16)23-18/h4-11,14-15H,12-13H2,1-3H3,(H,24,29)(H,25,27);3-10,12-13H,11H2,1-2H3,(H,21,23). The minimum absolute atomic E-state index is 0.0388. The third kappa shape index (κ3) is 7.64. The van der Waals surface area contributed by atoms with Crippen molar-refractivity contribution in [3.8, 4) is 22.5 Å². The quantitative estimate of drug-likeness (QED) is 0.130. The highest BCUT2D eigenvalue weighted by Gasteiger charge is 2.16. The van der Waals surface area contributed by atoms with Gasteiger partial charge in [-0.3, -0.25) is 18.6 Å². The van der Waals surface area contributed by atoms with Crippen molar-refractivity contribution in [2.24, 2.45) is 11.8 Å². The average Bonchev–Trinajstić information content (AvgIpc) is 3.83. The number of nitrogens with zero attached hydrogens (tertiary/aromatic N) is 7. The summed E-state index contributed by atoms with van der Waals surface area (Å²) in [7, 11) is 0. The number of carbonyl (C=O) groups is 1. The van der Waals surface area contributed by atoms with Gasteiger partial charge in [0.25, 0.3) is 0 Å². The molecule has 5 aromatic heterocycles. The maximum absolute atomic E-state index is 11.3. The Balaban J connectivity index is 0.000000167. The molecule has 53 heavy (non-hydrogen) atoms. The molecule has 0 spiro atoms. The second kappa shape index (κ2) is 15.5. The number of hydrogen-bond acceptors (Lipinski definition) is 8. The van der Waals surface area contributed by atoms with Crippen molar-refractivity contribution in [2.75, 3.05) is 23.7 Å². The van der Waals surface area contributed by atoms with E-state index in [0.717, 1.165) is 86.2 Å². The number of benzene rings is 3. The Bertz CT molecular complexity index is 2520. The van der Waals surface area contributed by atoms with Crippen LogP contribution in [0.1, 0.15) is 40.2 Å². The SMILES string of the molecule is CC(=O)NCc1cccc(-c2cnc3c(NCC(C)C)nc4ccccc4n23)c1.CC(C)CNc1nc2ccccc2n2c(-c3ccncc3)cnc12. The van der Waals surface area contributed by atoms with Crippen LogP contribution in [-0.2, 0) is 11.3 Å². The Labute approximate surface area is 308 Å². The van der Waals surface area contributed by atoms with E-state index >= 15 is 0 Å².